The maximum atomic E-state index is 9.38. The van der Waals surface area contributed by atoms with Crippen LogP contribution in [0.3, 0.4) is 0 Å². The molecule has 0 radical (unpaired) electrons. The molecule has 1 aromatic heterocycles. The minimum Gasteiger partial charge on any atom is -0.393 e. The average Bonchev–Trinajstić information content (AvgIpc) is 2.42. The first kappa shape index (κ1) is 10.6. The summed E-state index contributed by atoms with van der Waals surface area (Å²) in [5.74, 6) is 0. The number of aryl methyl sites for hydroxylation is 1. The number of rotatable bonds is 2. The molecule has 0 spiro atoms. The molecule has 2 rings (SSSR count). The van der Waals surface area contributed by atoms with Crippen LogP contribution in [0.25, 0.3) is 10.9 Å². The minimum atomic E-state index is -0.359. The molecule has 0 bridgehead atoms. The second-order valence-electron chi connectivity index (χ2n) is 3.78. The summed E-state index contributed by atoms with van der Waals surface area (Å²) in [6.07, 6.45) is 0.232. The van der Waals surface area contributed by atoms with Gasteiger partial charge in [0.2, 0.25) is 0 Å². The van der Waals surface area contributed by atoms with Crippen molar-refractivity contribution in [1.82, 2.24) is 9.78 Å². The zero-order chi connectivity index (χ0) is 11.0. The van der Waals surface area contributed by atoms with Crippen molar-refractivity contribution in [2.75, 3.05) is 0 Å². The highest BCUT2D eigenvalue weighted by Crippen LogP contribution is 2.23. The number of aliphatic hydroxyl groups excluding tert-OH is 1. The van der Waals surface area contributed by atoms with E-state index in [1.54, 1.807) is 6.92 Å². The molecule has 0 fully saturated rings. The Morgan fingerprint density at radius 1 is 1.53 bits per heavy atom. The van der Waals surface area contributed by atoms with Crippen molar-refractivity contribution in [3.63, 3.8) is 0 Å². The molecule has 1 atom stereocenters. The van der Waals surface area contributed by atoms with E-state index in [-0.39, 0.29) is 6.10 Å². The molecule has 1 heterocycles. The Morgan fingerprint density at radius 2 is 2.27 bits per heavy atom. The van der Waals surface area contributed by atoms with Gasteiger partial charge >= 0.3 is 0 Å². The molecular weight excluding hydrogens is 256 g/mol. The average molecular weight is 269 g/mol. The van der Waals surface area contributed by atoms with Crippen molar-refractivity contribution in [1.29, 1.82) is 0 Å². The van der Waals surface area contributed by atoms with Gasteiger partial charge in [-0.15, -0.1) is 0 Å². The van der Waals surface area contributed by atoms with Gasteiger partial charge in [-0.1, -0.05) is 15.9 Å². The standard InChI is InChI=1S/C11H13BrN2O/c1-7(15)5-10-9-6-8(12)3-4-11(9)14(2)13-10/h3-4,6-7,15H,5H2,1-2H3. The Kier molecular flexibility index (Phi) is 2.80. The van der Waals surface area contributed by atoms with E-state index in [4.69, 9.17) is 0 Å². The number of benzene rings is 1. The summed E-state index contributed by atoms with van der Waals surface area (Å²) >= 11 is 3.44. The Hall–Kier alpha value is -0.870. The van der Waals surface area contributed by atoms with Gasteiger partial charge in [-0.3, -0.25) is 4.68 Å². The molecule has 1 aromatic carbocycles. The van der Waals surface area contributed by atoms with E-state index in [0.717, 1.165) is 21.1 Å². The summed E-state index contributed by atoms with van der Waals surface area (Å²) in [7, 11) is 1.92. The molecule has 15 heavy (non-hydrogen) atoms. The Morgan fingerprint density at radius 3 is 2.93 bits per heavy atom. The molecule has 1 unspecified atom stereocenters. The summed E-state index contributed by atoms with van der Waals surface area (Å²) in [5.41, 5.74) is 2.04. The van der Waals surface area contributed by atoms with Crippen LogP contribution in [0, 0.1) is 0 Å². The van der Waals surface area contributed by atoms with Crippen molar-refractivity contribution in [3.8, 4) is 0 Å². The molecule has 0 aliphatic heterocycles. The first-order valence-corrected chi connectivity index (χ1v) is 5.66. The second-order valence-corrected chi connectivity index (χ2v) is 4.70. The molecule has 0 saturated carbocycles. The van der Waals surface area contributed by atoms with Gasteiger partial charge in [0.15, 0.2) is 0 Å². The number of aliphatic hydroxyl groups is 1. The van der Waals surface area contributed by atoms with E-state index in [0.29, 0.717) is 6.42 Å². The Balaban J connectivity index is 2.59. The lowest BCUT2D eigenvalue weighted by Gasteiger charge is -2.00. The third-order valence-corrected chi connectivity index (χ3v) is 2.87. The van der Waals surface area contributed by atoms with Crippen LogP contribution in [-0.2, 0) is 13.5 Å². The molecule has 0 saturated heterocycles. The topological polar surface area (TPSA) is 38.1 Å². The fourth-order valence-electron chi connectivity index (χ4n) is 1.74. The quantitative estimate of drug-likeness (QED) is 0.908. The maximum absolute atomic E-state index is 9.38. The van der Waals surface area contributed by atoms with Crippen LogP contribution in [0.2, 0.25) is 0 Å². The Bertz CT molecular complexity index is 491. The molecule has 1 N–H and O–H groups in total. The van der Waals surface area contributed by atoms with Crippen LogP contribution in [0.5, 0.6) is 0 Å². The lowest BCUT2D eigenvalue weighted by Crippen LogP contribution is -2.05. The molecular formula is C11H13BrN2O. The van der Waals surface area contributed by atoms with Crippen molar-refractivity contribution < 1.29 is 5.11 Å². The molecule has 0 aliphatic rings. The maximum Gasteiger partial charge on any atom is 0.0729 e. The monoisotopic (exact) mass is 268 g/mol. The van der Waals surface area contributed by atoms with Crippen molar-refractivity contribution in [2.24, 2.45) is 7.05 Å². The summed E-state index contributed by atoms with van der Waals surface area (Å²) in [6, 6.07) is 6.06. The predicted octanol–water partition coefficient (Wildman–Crippen LogP) is 2.26. The number of fused-ring (bicyclic) bond motifs is 1. The van der Waals surface area contributed by atoms with Crippen molar-refractivity contribution >= 4 is 26.8 Å². The number of nitrogens with zero attached hydrogens (tertiary/aromatic N) is 2. The number of aromatic nitrogens is 2. The molecule has 3 nitrogen and oxygen atoms in total. The fourth-order valence-corrected chi connectivity index (χ4v) is 2.10. The molecule has 4 heteroatoms. The van der Waals surface area contributed by atoms with E-state index in [9.17, 15) is 5.11 Å². The van der Waals surface area contributed by atoms with Gasteiger partial charge in [0, 0.05) is 23.3 Å². The molecule has 0 aliphatic carbocycles. The van der Waals surface area contributed by atoms with Gasteiger partial charge in [-0.05, 0) is 25.1 Å². The van der Waals surface area contributed by atoms with E-state index in [2.05, 4.69) is 21.0 Å². The predicted molar refractivity (Wildman–Crippen MR) is 63.8 cm³/mol. The van der Waals surface area contributed by atoms with Gasteiger partial charge in [-0.25, -0.2) is 0 Å². The first-order chi connectivity index (χ1) is 7.08. The van der Waals surface area contributed by atoms with E-state index < -0.39 is 0 Å². The first-order valence-electron chi connectivity index (χ1n) is 4.87. The molecule has 80 valence electrons. The van der Waals surface area contributed by atoms with E-state index in [1.807, 2.05) is 29.9 Å². The van der Waals surface area contributed by atoms with E-state index in [1.165, 1.54) is 0 Å². The van der Waals surface area contributed by atoms with Gasteiger partial charge in [0.1, 0.15) is 0 Å². The lowest BCUT2D eigenvalue weighted by atomic mass is 10.1. The van der Waals surface area contributed by atoms with Crippen molar-refractivity contribution in [3.05, 3.63) is 28.4 Å². The normalized spacial score (nSPS) is 13.3. The van der Waals surface area contributed by atoms with Crippen LogP contribution in [0.15, 0.2) is 22.7 Å². The zero-order valence-electron chi connectivity index (χ0n) is 8.74. The molecule has 0 amide bonds. The Labute approximate surface area is 96.8 Å². The van der Waals surface area contributed by atoms with Crippen LogP contribution in [-0.4, -0.2) is 21.0 Å². The smallest absolute Gasteiger partial charge is 0.0729 e. The lowest BCUT2D eigenvalue weighted by molar-refractivity contribution is 0.194. The highest BCUT2D eigenvalue weighted by atomic mass is 79.9. The van der Waals surface area contributed by atoms with Crippen LogP contribution in [0.4, 0.5) is 0 Å². The highest BCUT2D eigenvalue weighted by molar-refractivity contribution is 9.10. The molecule has 2 aromatic rings. The van der Waals surface area contributed by atoms with Crippen molar-refractivity contribution in [2.45, 2.75) is 19.4 Å². The highest BCUT2D eigenvalue weighted by Gasteiger charge is 2.10. The largest absolute Gasteiger partial charge is 0.393 e. The minimum absolute atomic E-state index is 0.359. The van der Waals surface area contributed by atoms with Gasteiger partial charge in [-0.2, -0.15) is 5.10 Å². The summed E-state index contributed by atoms with van der Waals surface area (Å²) < 4.78 is 2.88. The van der Waals surface area contributed by atoms with Gasteiger partial charge in [0.05, 0.1) is 17.3 Å². The zero-order valence-corrected chi connectivity index (χ0v) is 10.3. The van der Waals surface area contributed by atoms with Gasteiger partial charge < -0.3 is 5.11 Å². The summed E-state index contributed by atoms with van der Waals surface area (Å²) in [4.78, 5) is 0. The van der Waals surface area contributed by atoms with Crippen LogP contribution < -0.4 is 0 Å². The van der Waals surface area contributed by atoms with Crippen LogP contribution in [0.1, 0.15) is 12.6 Å². The van der Waals surface area contributed by atoms with Gasteiger partial charge in [0.25, 0.3) is 0 Å². The number of hydrogen-bond acceptors (Lipinski definition) is 2. The summed E-state index contributed by atoms with van der Waals surface area (Å²) in [6.45, 7) is 1.78. The van der Waals surface area contributed by atoms with Crippen LogP contribution >= 0.6 is 15.9 Å². The fraction of sp³-hybridized carbons (Fsp3) is 0.364. The summed E-state index contributed by atoms with van der Waals surface area (Å²) in [5, 5.41) is 14.9. The second kappa shape index (κ2) is 3.94. The number of hydrogen-bond donors (Lipinski definition) is 1. The third-order valence-electron chi connectivity index (χ3n) is 2.38. The van der Waals surface area contributed by atoms with E-state index >= 15 is 0 Å². The third kappa shape index (κ3) is 2.06. The SMILES string of the molecule is CC(O)Cc1nn(C)c2ccc(Br)cc12. The number of halogens is 1.